The number of hydrogen-bond acceptors (Lipinski definition) is 4. The molecule has 1 amide bonds. The maximum absolute atomic E-state index is 12.7. The fourth-order valence-corrected chi connectivity index (χ4v) is 3.47. The van der Waals surface area contributed by atoms with Gasteiger partial charge in [0.2, 0.25) is 0 Å². The molecule has 1 N–H and O–H groups in total. The number of likely N-dealkylation sites (N-methyl/N-ethyl adjacent to an activating group) is 1. The van der Waals surface area contributed by atoms with Crippen molar-refractivity contribution < 1.29 is 9.90 Å². The fraction of sp³-hybridized carbons (Fsp3) is 0.500. The summed E-state index contributed by atoms with van der Waals surface area (Å²) in [5.41, 5.74) is 0.609. The standard InChI is InChI=1S/C16H20N2O2S/c1-18(13-7-3-4-8-14(13)19)16(20)12-6-2-5-9-15(12)21-11-10-17/h2,5-6,9,13-14,19H,3-4,7-8,11H2,1H3. The first kappa shape index (κ1) is 15.9. The van der Waals surface area contributed by atoms with E-state index in [0.717, 1.165) is 30.6 Å². The Hall–Kier alpha value is -1.51. The number of nitrogens with zero attached hydrogens (tertiary/aromatic N) is 2. The van der Waals surface area contributed by atoms with Crippen molar-refractivity contribution in [3.63, 3.8) is 0 Å². The van der Waals surface area contributed by atoms with Crippen molar-refractivity contribution >= 4 is 17.7 Å². The van der Waals surface area contributed by atoms with Crippen LogP contribution in [-0.4, -0.2) is 40.9 Å². The van der Waals surface area contributed by atoms with Gasteiger partial charge in [-0.3, -0.25) is 4.79 Å². The van der Waals surface area contributed by atoms with Gasteiger partial charge >= 0.3 is 0 Å². The van der Waals surface area contributed by atoms with Crippen LogP contribution in [0.4, 0.5) is 0 Å². The molecule has 1 aliphatic carbocycles. The zero-order valence-corrected chi connectivity index (χ0v) is 13.0. The van der Waals surface area contributed by atoms with Gasteiger partial charge in [0.15, 0.2) is 0 Å². The van der Waals surface area contributed by atoms with Crippen molar-refractivity contribution in [2.45, 2.75) is 42.7 Å². The lowest BCUT2D eigenvalue weighted by Gasteiger charge is -2.35. The lowest BCUT2D eigenvalue weighted by Crippen LogP contribution is -2.46. The maximum atomic E-state index is 12.7. The predicted octanol–water partition coefficient (Wildman–Crippen LogP) is 2.68. The molecule has 1 fully saturated rings. The van der Waals surface area contributed by atoms with E-state index in [1.165, 1.54) is 11.8 Å². The molecule has 0 aliphatic heterocycles. The minimum Gasteiger partial charge on any atom is -0.391 e. The van der Waals surface area contributed by atoms with Gasteiger partial charge in [-0.1, -0.05) is 25.0 Å². The molecular weight excluding hydrogens is 284 g/mol. The summed E-state index contributed by atoms with van der Waals surface area (Å²) in [6.07, 6.45) is 3.23. The summed E-state index contributed by atoms with van der Waals surface area (Å²) in [6.45, 7) is 0. The third kappa shape index (κ3) is 3.78. The first-order chi connectivity index (χ1) is 10.1. The molecule has 2 unspecified atom stereocenters. The van der Waals surface area contributed by atoms with Crippen LogP contribution >= 0.6 is 11.8 Å². The van der Waals surface area contributed by atoms with Gasteiger partial charge in [-0.25, -0.2) is 0 Å². The number of aliphatic hydroxyl groups excluding tert-OH is 1. The van der Waals surface area contributed by atoms with Crippen molar-refractivity contribution in [2.75, 3.05) is 12.8 Å². The van der Waals surface area contributed by atoms with Crippen molar-refractivity contribution in [1.29, 1.82) is 5.26 Å². The highest BCUT2D eigenvalue weighted by Gasteiger charge is 2.30. The van der Waals surface area contributed by atoms with Crippen LogP contribution in [0.25, 0.3) is 0 Å². The van der Waals surface area contributed by atoms with Crippen LogP contribution < -0.4 is 0 Å². The van der Waals surface area contributed by atoms with Crippen LogP contribution in [0.3, 0.4) is 0 Å². The molecule has 1 aromatic rings. The number of amides is 1. The van der Waals surface area contributed by atoms with Gasteiger partial charge in [-0.15, -0.1) is 11.8 Å². The van der Waals surface area contributed by atoms with Gasteiger partial charge in [-0.05, 0) is 25.0 Å². The van der Waals surface area contributed by atoms with Crippen LogP contribution in [0.5, 0.6) is 0 Å². The number of rotatable bonds is 4. The fourth-order valence-electron chi connectivity index (χ4n) is 2.76. The molecule has 112 valence electrons. The second kappa shape index (κ2) is 7.48. The van der Waals surface area contributed by atoms with Gasteiger partial charge in [0.25, 0.3) is 5.91 Å². The summed E-state index contributed by atoms with van der Waals surface area (Å²) >= 11 is 1.37. The van der Waals surface area contributed by atoms with E-state index in [9.17, 15) is 9.90 Å². The van der Waals surface area contributed by atoms with E-state index < -0.39 is 6.10 Å². The second-order valence-electron chi connectivity index (χ2n) is 5.28. The average Bonchev–Trinajstić information content (AvgIpc) is 2.52. The Labute approximate surface area is 129 Å². The van der Waals surface area contributed by atoms with Crippen LogP contribution in [-0.2, 0) is 0 Å². The molecule has 21 heavy (non-hydrogen) atoms. The first-order valence-corrected chi connectivity index (χ1v) is 8.17. The maximum Gasteiger partial charge on any atom is 0.255 e. The summed E-state index contributed by atoms with van der Waals surface area (Å²) < 4.78 is 0. The van der Waals surface area contributed by atoms with Crippen molar-refractivity contribution in [3.05, 3.63) is 29.8 Å². The van der Waals surface area contributed by atoms with E-state index in [2.05, 4.69) is 6.07 Å². The van der Waals surface area contributed by atoms with Crippen molar-refractivity contribution in [2.24, 2.45) is 0 Å². The highest BCUT2D eigenvalue weighted by Crippen LogP contribution is 2.27. The summed E-state index contributed by atoms with van der Waals surface area (Å²) in [6, 6.07) is 9.31. The predicted molar refractivity (Wildman–Crippen MR) is 83.1 cm³/mol. The highest BCUT2D eigenvalue weighted by molar-refractivity contribution is 7.99. The van der Waals surface area contributed by atoms with E-state index >= 15 is 0 Å². The zero-order valence-electron chi connectivity index (χ0n) is 12.2. The van der Waals surface area contributed by atoms with E-state index in [4.69, 9.17) is 5.26 Å². The van der Waals surface area contributed by atoms with Crippen LogP contribution in [0, 0.1) is 11.3 Å². The van der Waals surface area contributed by atoms with Crippen LogP contribution in [0.15, 0.2) is 29.2 Å². The van der Waals surface area contributed by atoms with E-state index in [-0.39, 0.29) is 11.9 Å². The third-order valence-corrected chi connectivity index (χ3v) is 4.86. The molecule has 1 aromatic carbocycles. The molecule has 5 heteroatoms. The van der Waals surface area contributed by atoms with Gasteiger partial charge in [0, 0.05) is 11.9 Å². The first-order valence-electron chi connectivity index (χ1n) is 7.19. The number of nitriles is 1. The molecule has 1 saturated carbocycles. The van der Waals surface area contributed by atoms with Crippen LogP contribution in [0.1, 0.15) is 36.0 Å². The minimum atomic E-state index is -0.438. The van der Waals surface area contributed by atoms with Crippen molar-refractivity contribution in [1.82, 2.24) is 4.90 Å². The number of carbonyl (C=O) groups is 1. The molecule has 2 rings (SSSR count). The van der Waals surface area contributed by atoms with Gasteiger partial charge in [0.05, 0.1) is 29.5 Å². The van der Waals surface area contributed by atoms with E-state index in [1.54, 1.807) is 18.0 Å². The molecule has 2 atom stereocenters. The normalized spacial score (nSPS) is 21.6. The summed E-state index contributed by atoms with van der Waals surface area (Å²) in [4.78, 5) is 15.2. The van der Waals surface area contributed by atoms with Crippen molar-refractivity contribution in [3.8, 4) is 6.07 Å². The Kier molecular flexibility index (Phi) is 5.66. The second-order valence-corrected chi connectivity index (χ2v) is 6.30. The molecule has 0 aromatic heterocycles. The molecule has 4 nitrogen and oxygen atoms in total. The van der Waals surface area contributed by atoms with Gasteiger partial charge in [0.1, 0.15) is 0 Å². The topological polar surface area (TPSA) is 64.3 Å². The Balaban J connectivity index is 2.17. The Morgan fingerprint density at radius 3 is 2.86 bits per heavy atom. The summed E-state index contributed by atoms with van der Waals surface area (Å²) in [7, 11) is 1.76. The van der Waals surface area contributed by atoms with Gasteiger partial charge < -0.3 is 10.0 Å². The molecular formula is C16H20N2O2S. The smallest absolute Gasteiger partial charge is 0.255 e. The number of hydrogen-bond donors (Lipinski definition) is 1. The molecule has 0 bridgehead atoms. The molecule has 0 saturated heterocycles. The number of carbonyl (C=O) groups excluding carboxylic acids is 1. The molecule has 1 aliphatic rings. The third-order valence-electron chi connectivity index (χ3n) is 3.92. The monoisotopic (exact) mass is 304 g/mol. The number of benzene rings is 1. The lowest BCUT2D eigenvalue weighted by molar-refractivity contribution is 0.0266. The lowest BCUT2D eigenvalue weighted by atomic mass is 9.91. The number of thioether (sulfide) groups is 1. The highest BCUT2D eigenvalue weighted by atomic mass is 32.2. The Morgan fingerprint density at radius 1 is 1.43 bits per heavy atom. The SMILES string of the molecule is CN(C(=O)c1ccccc1SCC#N)C1CCCCC1O. The van der Waals surface area contributed by atoms with Crippen LogP contribution in [0.2, 0.25) is 0 Å². The Bertz CT molecular complexity index is 541. The number of aliphatic hydroxyl groups is 1. The zero-order chi connectivity index (χ0) is 15.2. The van der Waals surface area contributed by atoms with Gasteiger partial charge in [-0.2, -0.15) is 5.26 Å². The van der Waals surface area contributed by atoms with E-state index in [1.807, 2.05) is 18.2 Å². The quantitative estimate of drug-likeness (QED) is 0.869. The average molecular weight is 304 g/mol. The largest absolute Gasteiger partial charge is 0.391 e. The summed E-state index contributed by atoms with van der Waals surface area (Å²) in [5.74, 6) is 0.238. The van der Waals surface area contributed by atoms with E-state index in [0.29, 0.717) is 11.3 Å². The molecule has 0 heterocycles. The minimum absolute atomic E-state index is 0.0815. The Morgan fingerprint density at radius 2 is 2.14 bits per heavy atom. The molecule has 0 radical (unpaired) electrons. The summed E-state index contributed by atoms with van der Waals surface area (Å²) in [5, 5.41) is 18.8. The molecule has 0 spiro atoms.